The van der Waals surface area contributed by atoms with Gasteiger partial charge in [-0.15, -0.1) is 0 Å². The van der Waals surface area contributed by atoms with Crippen LogP contribution in [0.4, 0.5) is 11.4 Å². The van der Waals surface area contributed by atoms with Crippen molar-refractivity contribution in [2.24, 2.45) is 0 Å². The minimum atomic E-state index is -0.413. The second-order valence-corrected chi connectivity index (χ2v) is 7.20. The van der Waals surface area contributed by atoms with E-state index in [0.29, 0.717) is 33.7 Å². The van der Waals surface area contributed by atoms with Crippen molar-refractivity contribution in [2.75, 3.05) is 16.8 Å². The van der Waals surface area contributed by atoms with Crippen LogP contribution in [-0.4, -0.2) is 33.1 Å². The first-order valence-electron chi connectivity index (χ1n) is 8.52. The van der Waals surface area contributed by atoms with Gasteiger partial charge >= 0.3 is 0 Å². The van der Waals surface area contributed by atoms with Gasteiger partial charge in [0.25, 0.3) is 11.8 Å². The van der Waals surface area contributed by atoms with Gasteiger partial charge in [-0.25, -0.2) is 0 Å². The Morgan fingerprint density at radius 3 is 2.75 bits per heavy atom. The Balaban J connectivity index is 1.68. The van der Waals surface area contributed by atoms with E-state index in [0.717, 1.165) is 0 Å². The molecule has 0 bridgehead atoms. The molecule has 1 N–H and O–H groups in total. The molecule has 0 unspecified atom stereocenters. The van der Waals surface area contributed by atoms with Gasteiger partial charge < -0.3 is 10.2 Å². The summed E-state index contributed by atoms with van der Waals surface area (Å²) in [6.07, 6.45) is 3.00. The summed E-state index contributed by atoms with van der Waals surface area (Å²) in [5.74, 6) is -0.700. The number of pyridine rings is 1. The van der Waals surface area contributed by atoms with Crippen molar-refractivity contribution in [3.05, 3.63) is 70.2 Å². The normalized spacial score (nSPS) is 16.0. The van der Waals surface area contributed by atoms with Crippen molar-refractivity contribution >= 4 is 46.4 Å². The van der Waals surface area contributed by atoms with Gasteiger partial charge in [-0.2, -0.15) is 5.10 Å². The van der Waals surface area contributed by atoms with Crippen molar-refractivity contribution in [3.63, 3.8) is 0 Å². The maximum absolute atomic E-state index is 13.2. The summed E-state index contributed by atoms with van der Waals surface area (Å²) in [5, 5.41) is 7.79. The Morgan fingerprint density at radius 2 is 2.04 bits per heavy atom. The third-order valence-corrected chi connectivity index (χ3v) is 5.21. The van der Waals surface area contributed by atoms with E-state index in [4.69, 9.17) is 23.2 Å². The lowest BCUT2D eigenvalue weighted by Gasteiger charge is -2.32. The fraction of sp³-hybridized carbons (Fsp3) is 0.158. The van der Waals surface area contributed by atoms with Gasteiger partial charge in [0.15, 0.2) is 5.69 Å². The molecule has 1 aliphatic heterocycles. The fourth-order valence-electron chi connectivity index (χ4n) is 3.11. The van der Waals surface area contributed by atoms with Crippen LogP contribution >= 0.6 is 23.2 Å². The summed E-state index contributed by atoms with van der Waals surface area (Å²) in [5.41, 5.74) is 1.51. The Bertz CT molecular complexity index is 1070. The monoisotopic (exact) mass is 415 g/mol. The summed E-state index contributed by atoms with van der Waals surface area (Å²) < 4.78 is 1.62. The molecule has 2 aromatic heterocycles. The highest BCUT2D eigenvalue weighted by atomic mass is 35.5. The van der Waals surface area contributed by atoms with Crippen molar-refractivity contribution < 1.29 is 9.59 Å². The van der Waals surface area contributed by atoms with Gasteiger partial charge in [-0.3, -0.25) is 19.3 Å². The van der Waals surface area contributed by atoms with Crippen LogP contribution < -0.4 is 10.2 Å². The van der Waals surface area contributed by atoms with Crippen LogP contribution in [0.5, 0.6) is 0 Å². The predicted octanol–water partition coefficient (Wildman–Crippen LogP) is 4.06. The molecule has 0 aliphatic carbocycles. The zero-order valence-corrected chi connectivity index (χ0v) is 16.3. The van der Waals surface area contributed by atoms with E-state index in [9.17, 15) is 9.59 Å². The third-order valence-electron chi connectivity index (χ3n) is 4.47. The zero-order valence-electron chi connectivity index (χ0n) is 14.8. The highest BCUT2D eigenvalue weighted by Crippen LogP contribution is 2.33. The topological polar surface area (TPSA) is 80.1 Å². The van der Waals surface area contributed by atoms with Gasteiger partial charge in [0.1, 0.15) is 5.69 Å². The maximum atomic E-state index is 13.2. The Hall–Kier alpha value is -2.90. The summed E-state index contributed by atoms with van der Waals surface area (Å²) in [7, 11) is 0. The predicted molar refractivity (Wildman–Crippen MR) is 107 cm³/mol. The molecule has 2 amide bonds. The first-order chi connectivity index (χ1) is 13.5. The van der Waals surface area contributed by atoms with Crippen LogP contribution in [0, 0.1) is 0 Å². The molecule has 0 radical (unpaired) electrons. The van der Waals surface area contributed by atoms with E-state index in [1.54, 1.807) is 46.0 Å². The minimum Gasteiger partial charge on any atom is -0.317 e. The second-order valence-electron chi connectivity index (χ2n) is 6.38. The summed E-state index contributed by atoms with van der Waals surface area (Å²) in [6.45, 7) is 2.36. The van der Waals surface area contributed by atoms with E-state index in [2.05, 4.69) is 15.4 Å². The zero-order chi connectivity index (χ0) is 19.8. The molecular formula is C19H15Cl2N5O2. The largest absolute Gasteiger partial charge is 0.317 e. The Morgan fingerprint density at radius 1 is 1.21 bits per heavy atom. The van der Waals surface area contributed by atoms with E-state index in [1.807, 2.05) is 6.92 Å². The van der Waals surface area contributed by atoms with E-state index >= 15 is 0 Å². The molecule has 0 fully saturated rings. The van der Waals surface area contributed by atoms with Crippen LogP contribution in [0.1, 0.15) is 33.9 Å². The molecule has 142 valence electrons. The van der Waals surface area contributed by atoms with Crippen LogP contribution in [-0.2, 0) is 0 Å². The van der Waals surface area contributed by atoms with E-state index in [-0.39, 0.29) is 17.6 Å². The molecular weight excluding hydrogens is 401 g/mol. The molecule has 1 aromatic carbocycles. The molecule has 0 saturated heterocycles. The number of fused-ring (bicyclic) bond motifs is 1. The first kappa shape index (κ1) is 18.5. The van der Waals surface area contributed by atoms with Crippen LogP contribution in [0.3, 0.4) is 0 Å². The molecule has 1 atom stereocenters. The van der Waals surface area contributed by atoms with Crippen LogP contribution in [0.15, 0.2) is 48.8 Å². The number of carbonyl (C=O) groups excluding carboxylic acids is 2. The van der Waals surface area contributed by atoms with Gasteiger partial charge in [-0.1, -0.05) is 29.3 Å². The molecule has 0 spiro atoms. The molecule has 1 aliphatic rings. The lowest BCUT2D eigenvalue weighted by atomic mass is 10.1. The number of anilines is 2. The molecule has 7 nitrogen and oxygen atoms in total. The van der Waals surface area contributed by atoms with Gasteiger partial charge in [-0.05, 0) is 37.3 Å². The summed E-state index contributed by atoms with van der Waals surface area (Å²) >= 11 is 12.1. The fourth-order valence-corrected chi connectivity index (χ4v) is 3.40. The van der Waals surface area contributed by atoms with Crippen LogP contribution in [0.2, 0.25) is 10.0 Å². The van der Waals surface area contributed by atoms with E-state index in [1.165, 1.54) is 12.4 Å². The number of rotatable bonds is 3. The lowest BCUT2D eigenvalue weighted by Crippen LogP contribution is -2.43. The van der Waals surface area contributed by atoms with Crippen molar-refractivity contribution in [2.45, 2.75) is 13.0 Å². The van der Waals surface area contributed by atoms with Crippen molar-refractivity contribution in [1.82, 2.24) is 14.8 Å². The van der Waals surface area contributed by atoms with Gasteiger partial charge in [0.2, 0.25) is 0 Å². The SMILES string of the molecule is C[C@H]1CN(c2ccc(Cl)c(Cl)c2)C(=O)c2c(NC(=O)c3ccccn3)cnn21. The number of hydrogen-bond acceptors (Lipinski definition) is 4. The first-order valence-corrected chi connectivity index (χ1v) is 9.28. The summed E-state index contributed by atoms with van der Waals surface area (Å²) in [6, 6.07) is 9.96. The maximum Gasteiger partial charge on any atom is 0.278 e. The smallest absolute Gasteiger partial charge is 0.278 e. The lowest BCUT2D eigenvalue weighted by molar-refractivity contribution is 0.0954. The number of benzene rings is 1. The molecule has 4 rings (SSSR count). The highest BCUT2D eigenvalue weighted by molar-refractivity contribution is 6.42. The molecule has 0 saturated carbocycles. The third kappa shape index (κ3) is 3.23. The number of halogens is 2. The molecule has 9 heteroatoms. The van der Waals surface area contributed by atoms with Crippen LogP contribution in [0.25, 0.3) is 0 Å². The number of nitrogens with one attached hydrogen (secondary N) is 1. The minimum absolute atomic E-state index is 0.0948. The molecule has 3 aromatic rings. The average molecular weight is 416 g/mol. The number of nitrogens with zero attached hydrogens (tertiary/aromatic N) is 4. The Labute approximate surface area is 170 Å². The van der Waals surface area contributed by atoms with Crippen molar-refractivity contribution in [1.29, 1.82) is 0 Å². The molecule has 3 heterocycles. The van der Waals surface area contributed by atoms with Gasteiger partial charge in [0, 0.05) is 18.4 Å². The number of hydrogen-bond donors (Lipinski definition) is 1. The quantitative estimate of drug-likeness (QED) is 0.699. The highest BCUT2D eigenvalue weighted by Gasteiger charge is 2.34. The van der Waals surface area contributed by atoms with Gasteiger partial charge in [0.05, 0.1) is 28.0 Å². The Kier molecular flexibility index (Phi) is 4.78. The average Bonchev–Trinajstić information content (AvgIpc) is 3.12. The van der Waals surface area contributed by atoms with E-state index < -0.39 is 5.91 Å². The number of carbonyl (C=O) groups is 2. The molecule has 28 heavy (non-hydrogen) atoms. The summed E-state index contributed by atoms with van der Waals surface area (Å²) in [4.78, 5) is 31.3. The second kappa shape index (κ2) is 7.26. The standard InChI is InChI=1S/C19H15Cl2N5O2/c1-11-10-25(12-5-6-13(20)14(21)8-12)19(28)17-16(9-23-26(11)17)24-18(27)15-4-2-3-7-22-15/h2-9,11H,10H2,1H3,(H,24,27)/t11-/m0/s1. The van der Waals surface area contributed by atoms with Crippen molar-refractivity contribution in [3.8, 4) is 0 Å². The number of aromatic nitrogens is 3. The number of amides is 2.